The van der Waals surface area contributed by atoms with Crippen molar-refractivity contribution in [2.45, 2.75) is 13.0 Å². The number of aromatic nitrogens is 1. The van der Waals surface area contributed by atoms with Crippen molar-refractivity contribution in [1.29, 1.82) is 0 Å². The van der Waals surface area contributed by atoms with Crippen LogP contribution in [0.4, 0.5) is 0 Å². The second-order valence-electron chi connectivity index (χ2n) is 5.91. The summed E-state index contributed by atoms with van der Waals surface area (Å²) in [6, 6.07) is 14.4. The lowest BCUT2D eigenvalue weighted by molar-refractivity contribution is 0.0906. The summed E-state index contributed by atoms with van der Waals surface area (Å²) in [6.07, 6.45) is 1.64. The molecule has 0 spiro atoms. The highest BCUT2D eigenvalue weighted by molar-refractivity contribution is 6.30. The molecule has 0 saturated heterocycles. The number of hydrogen-bond donors (Lipinski definition) is 1. The van der Waals surface area contributed by atoms with Gasteiger partial charge in [0.1, 0.15) is 0 Å². The molecule has 0 bridgehead atoms. The normalized spacial score (nSPS) is 12.0. The van der Waals surface area contributed by atoms with Crippen LogP contribution in [0.2, 0.25) is 5.02 Å². The number of halogens is 1. The number of methoxy groups -OCH3 is 1. The lowest BCUT2D eigenvalue weighted by Gasteiger charge is -2.14. The SMILES string of the molecule is COC[C@@H](C)NC(=O)c1ccccc1-c1ncc(-c2ccc(Cl)cc2)o1. The number of nitrogens with one attached hydrogen (secondary N) is 1. The molecule has 0 fully saturated rings. The summed E-state index contributed by atoms with van der Waals surface area (Å²) in [5.41, 5.74) is 2.00. The van der Waals surface area contributed by atoms with E-state index in [4.69, 9.17) is 20.8 Å². The van der Waals surface area contributed by atoms with Crippen LogP contribution >= 0.6 is 11.6 Å². The minimum Gasteiger partial charge on any atom is -0.436 e. The minimum absolute atomic E-state index is 0.102. The zero-order valence-electron chi connectivity index (χ0n) is 14.5. The first-order chi connectivity index (χ1) is 12.6. The van der Waals surface area contributed by atoms with E-state index >= 15 is 0 Å². The topological polar surface area (TPSA) is 64.4 Å². The van der Waals surface area contributed by atoms with Crippen LogP contribution in [-0.4, -0.2) is 30.6 Å². The Morgan fingerprint density at radius 1 is 1.23 bits per heavy atom. The smallest absolute Gasteiger partial charge is 0.252 e. The quantitative estimate of drug-likeness (QED) is 0.697. The number of nitrogens with zero attached hydrogens (tertiary/aromatic N) is 1. The van der Waals surface area contributed by atoms with E-state index in [1.165, 1.54) is 0 Å². The van der Waals surface area contributed by atoms with Crippen molar-refractivity contribution in [3.63, 3.8) is 0 Å². The number of oxazole rings is 1. The number of amides is 1. The second kappa shape index (κ2) is 8.17. The maximum Gasteiger partial charge on any atom is 0.252 e. The number of benzene rings is 2. The number of hydrogen-bond acceptors (Lipinski definition) is 4. The van der Waals surface area contributed by atoms with Gasteiger partial charge in [-0.1, -0.05) is 23.7 Å². The van der Waals surface area contributed by atoms with E-state index in [0.717, 1.165) is 5.56 Å². The zero-order chi connectivity index (χ0) is 18.5. The van der Waals surface area contributed by atoms with Crippen molar-refractivity contribution in [3.05, 3.63) is 65.3 Å². The first-order valence-electron chi connectivity index (χ1n) is 8.19. The lowest BCUT2D eigenvalue weighted by Crippen LogP contribution is -2.35. The van der Waals surface area contributed by atoms with Gasteiger partial charge >= 0.3 is 0 Å². The molecule has 134 valence electrons. The highest BCUT2D eigenvalue weighted by atomic mass is 35.5. The maximum absolute atomic E-state index is 12.6. The van der Waals surface area contributed by atoms with Gasteiger partial charge in [-0.3, -0.25) is 4.79 Å². The number of carbonyl (C=O) groups is 1. The molecule has 2 aromatic carbocycles. The molecule has 0 radical (unpaired) electrons. The molecule has 0 aliphatic rings. The largest absolute Gasteiger partial charge is 0.436 e. The summed E-state index contributed by atoms with van der Waals surface area (Å²) in [6.45, 7) is 2.32. The molecule has 1 aromatic heterocycles. The molecule has 3 aromatic rings. The van der Waals surface area contributed by atoms with E-state index in [-0.39, 0.29) is 11.9 Å². The van der Waals surface area contributed by atoms with Gasteiger partial charge in [0.05, 0.1) is 18.4 Å². The molecule has 1 amide bonds. The standard InChI is InChI=1S/C20H19ClN2O3/c1-13(12-25-2)23-19(24)16-5-3-4-6-17(16)20-22-11-18(26-20)14-7-9-15(21)10-8-14/h3-11,13H,12H2,1-2H3,(H,23,24)/t13-/m1/s1. The second-order valence-corrected chi connectivity index (χ2v) is 6.35. The Bertz CT molecular complexity index is 890. The number of rotatable bonds is 6. The van der Waals surface area contributed by atoms with Crippen molar-refractivity contribution in [2.75, 3.05) is 13.7 Å². The number of ether oxygens (including phenoxy) is 1. The van der Waals surface area contributed by atoms with Crippen LogP contribution < -0.4 is 5.32 Å². The predicted molar refractivity (Wildman–Crippen MR) is 101 cm³/mol. The van der Waals surface area contributed by atoms with E-state index in [0.29, 0.717) is 34.4 Å². The summed E-state index contributed by atoms with van der Waals surface area (Å²) < 4.78 is 10.9. The average Bonchev–Trinajstić information content (AvgIpc) is 3.12. The molecule has 1 heterocycles. The van der Waals surface area contributed by atoms with Gasteiger partial charge in [-0.05, 0) is 43.3 Å². The Hall–Kier alpha value is -2.63. The van der Waals surface area contributed by atoms with Crippen LogP contribution in [0, 0.1) is 0 Å². The molecular formula is C20H19ClN2O3. The highest BCUT2D eigenvalue weighted by Crippen LogP contribution is 2.28. The highest BCUT2D eigenvalue weighted by Gasteiger charge is 2.18. The van der Waals surface area contributed by atoms with Crippen molar-refractivity contribution >= 4 is 17.5 Å². The fourth-order valence-electron chi connectivity index (χ4n) is 2.61. The van der Waals surface area contributed by atoms with Crippen molar-refractivity contribution in [3.8, 4) is 22.8 Å². The van der Waals surface area contributed by atoms with Gasteiger partial charge in [-0.2, -0.15) is 0 Å². The monoisotopic (exact) mass is 370 g/mol. The Balaban J connectivity index is 1.88. The van der Waals surface area contributed by atoms with E-state index in [1.54, 1.807) is 31.5 Å². The van der Waals surface area contributed by atoms with Gasteiger partial charge in [0, 0.05) is 29.3 Å². The van der Waals surface area contributed by atoms with Crippen molar-refractivity contribution in [2.24, 2.45) is 0 Å². The third kappa shape index (κ3) is 4.12. The molecular weight excluding hydrogens is 352 g/mol. The Labute approximate surface area is 157 Å². The first-order valence-corrected chi connectivity index (χ1v) is 8.57. The van der Waals surface area contributed by atoms with Crippen LogP contribution in [0.5, 0.6) is 0 Å². The van der Waals surface area contributed by atoms with Gasteiger partial charge in [0.25, 0.3) is 5.91 Å². The predicted octanol–water partition coefficient (Wildman–Crippen LogP) is 4.43. The van der Waals surface area contributed by atoms with E-state index in [1.807, 2.05) is 37.3 Å². The van der Waals surface area contributed by atoms with Gasteiger partial charge in [-0.25, -0.2) is 4.98 Å². The fourth-order valence-corrected chi connectivity index (χ4v) is 2.73. The van der Waals surface area contributed by atoms with Gasteiger partial charge in [-0.15, -0.1) is 0 Å². The van der Waals surface area contributed by atoms with Crippen LogP contribution in [0.3, 0.4) is 0 Å². The van der Waals surface area contributed by atoms with E-state index in [2.05, 4.69) is 10.3 Å². The third-order valence-corrected chi connectivity index (χ3v) is 4.08. The molecule has 0 unspecified atom stereocenters. The van der Waals surface area contributed by atoms with Crippen molar-refractivity contribution < 1.29 is 13.9 Å². The van der Waals surface area contributed by atoms with Crippen LogP contribution in [0.1, 0.15) is 17.3 Å². The summed E-state index contributed by atoms with van der Waals surface area (Å²) in [7, 11) is 1.60. The van der Waals surface area contributed by atoms with Crippen LogP contribution in [0.15, 0.2) is 59.1 Å². The molecule has 0 aliphatic carbocycles. The van der Waals surface area contributed by atoms with Gasteiger partial charge in [0.2, 0.25) is 5.89 Å². The van der Waals surface area contributed by atoms with Gasteiger partial charge in [0.15, 0.2) is 5.76 Å². The molecule has 5 nitrogen and oxygen atoms in total. The molecule has 1 N–H and O–H groups in total. The minimum atomic E-state index is -0.198. The Kier molecular flexibility index (Phi) is 5.71. The van der Waals surface area contributed by atoms with Gasteiger partial charge < -0.3 is 14.5 Å². The van der Waals surface area contributed by atoms with E-state index in [9.17, 15) is 4.79 Å². The maximum atomic E-state index is 12.6. The first kappa shape index (κ1) is 18.2. The summed E-state index contributed by atoms with van der Waals surface area (Å²) >= 11 is 5.92. The van der Waals surface area contributed by atoms with Crippen LogP contribution in [-0.2, 0) is 4.74 Å². The summed E-state index contributed by atoms with van der Waals surface area (Å²) in [4.78, 5) is 16.9. The van der Waals surface area contributed by atoms with E-state index < -0.39 is 0 Å². The summed E-state index contributed by atoms with van der Waals surface area (Å²) in [5, 5.41) is 3.56. The molecule has 1 atom stereocenters. The third-order valence-electron chi connectivity index (χ3n) is 3.83. The summed E-state index contributed by atoms with van der Waals surface area (Å²) in [5.74, 6) is 0.802. The molecule has 3 rings (SSSR count). The number of carbonyl (C=O) groups excluding carboxylic acids is 1. The molecule has 26 heavy (non-hydrogen) atoms. The lowest BCUT2D eigenvalue weighted by atomic mass is 10.1. The fraction of sp³-hybridized carbons (Fsp3) is 0.200. The average molecular weight is 371 g/mol. The Morgan fingerprint density at radius 3 is 2.69 bits per heavy atom. The Morgan fingerprint density at radius 2 is 1.96 bits per heavy atom. The molecule has 6 heteroatoms. The molecule has 0 saturated carbocycles. The molecule has 0 aliphatic heterocycles. The van der Waals surface area contributed by atoms with Crippen LogP contribution in [0.25, 0.3) is 22.8 Å². The zero-order valence-corrected chi connectivity index (χ0v) is 15.3. The van der Waals surface area contributed by atoms with Crippen molar-refractivity contribution in [1.82, 2.24) is 10.3 Å².